The molecule has 0 bridgehead atoms. The molecular weight excluding hydrogens is 304 g/mol. The molecule has 6 heteroatoms. The zero-order chi connectivity index (χ0) is 15.7. The van der Waals surface area contributed by atoms with E-state index >= 15 is 0 Å². The average Bonchev–Trinajstić information content (AvgIpc) is 2.53. The van der Waals surface area contributed by atoms with Crippen LogP contribution in [0.5, 0.6) is 0 Å². The second-order valence-corrected chi connectivity index (χ2v) is 5.39. The maximum absolute atomic E-state index is 12.7. The number of rotatable bonds is 2. The Hall–Kier alpha value is -2.40. The second kappa shape index (κ2) is 5.77. The van der Waals surface area contributed by atoms with Crippen molar-refractivity contribution in [2.45, 2.75) is 12.5 Å². The maximum Gasteiger partial charge on any atom is 0.331 e. The van der Waals surface area contributed by atoms with Crippen LogP contribution in [0.15, 0.2) is 42.6 Å². The van der Waals surface area contributed by atoms with Crippen LogP contribution in [0.2, 0.25) is 5.15 Å². The number of carboxylic acids is 1. The Balaban J connectivity index is 2.02. The molecule has 0 aliphatic carbocycles. The van der Waals surface area contributed by atoms with Gasteiger partial charge in [0.05, 0.1) is 5.56 Å². The fourth-order valence-electron chi connectivity index (χ4n) is 2.75. The van der Waals surface area contributed by atoms with Gasteiger partial charge in [-0.15, -0.1) is 0 Å². The first-order chi connectivity index (χ1) is 10.6. The van der Waals surface area contributed by atoms with Gasteiger partial charge in [0.2, 0.25) is 0 Å². The molecule has 22 heavy (non-hydrogen) atoms. The van der Waals surface area contributed by atoms with Crippen molar-refractivity contribution in [1.29, 1.82) is 0 Å². The zero-order valence-electron chi connectivity index (χ0n) is 11.6. The summed E-state index contributed by atoms with van der Waals surface area (Å²) in [7, 11) is 0. The molecule has 0 saturated carbocycles. The lowest BCUT2D eigenvalue weighted by molar-refractivity contribution is -0.143. The van der Waals surface area contributed by atoms with Gasteiger partial charge in [-0.05, 0) is 29.7 Å². The first-order valence-electron chi connectivity index (χ1n) is 6.81. The molecule has 1 aromatic heterocycles. The van der Waals surface area contributed by atoms with Gasteiger partial charge in [-0.2, -0.15) is 0 Å². The van der Waals surface area contributed by atoms with Crippen LogP contribution in [-0.2, 0) is 11.2 Å². The number of carboxylic acid groups (broad SMARTS) is 1. The van der Waals surface area contributed by atoms with Crippen molar-refractivity contribution in [1.82, 2.24) is 9.88 Å². The molecule has 0 fully saturated rings. The molecular formula is C16H13ClN2O3. The number of benzene rings is 1. The van der Waals surface area contributed by atoms with E-state index in [-0.39, 0.29) is 10.7 Å². The van der Waals surface area contributed by atoms with E-state index in [0.717, 1.165) is 5.56 Å². The smallest absolute Gasteiger partial charge is 0.331 e. The SMILES string of the molecule is O=C(O)[C@H]1c2ccccc2CCN1C(=O)c1cccnc1Cl. The molecule has 2 aromatic rings. The Kier molecular flexibility index (Phi) is 3.81. The van der Waals surface area contributed by atoms with Crippen molar-refractivity contribution in [2.75, 3.05) is 6.54 Å². The van der Waals surface area contributed by atoms with Crippen molar-refractivity contribution in [3.05, 3.63) is 64.4 Å². The molecule has 2 heterocycles. The number of aromatic nitrogens is 1. The molecule has 1 N–H and O–H groups in total. The van der Waals surface area contributed by atoms with Gasteiger partial charge >= 0.3 is 5.97 Å². The molecule has 1 aliphatic rings. The number of carbonyl (C=O) groups excluding carboxylic acids is 1. The van der Waals surface area contributed by atoms with E-state index in [0.29, 0.717) is 18.5 Å². The van der Waals surface area contributed by atoms with Crippen LogP contribution in [0, 0.1) is 0 Å². The minimum atomic E-state index is -1.06. The number of nitrogens with zero attached hydrogens (tertiary/aromatic N) is 2. The largest absolute Gasteiger partial charge is 0.479 e. The first kappa shape index (κ1) is 14.5. The molecule has 112 valence electrons. The van der Waals surface area contributed by atoms with Crippen LogP contribution in [0.1, 0.15) is 27.5 Å². The minimum Gasteiger partial charge on any atom is -0.479 e. The van der Waals surface area contributed by atoms with Gasteiger partial charge < -0.3 is 10.0 Å². The standard InChI is InChI=1S/C16H13ClN2O3/c17-14-12(6-3-8-18-14)15(20)19-9-7-10-4-1-2-5-11(10)13(19)16(21)22/h1-6,8,13H,7,9H2,(H,21,22)/t13-/m1/s1. The lowest BCUT2D eigenvalue weighted by Gasteiger charge is -2.34. The van der Waals surface area contributed by atoms with E-state index in [9.17, 15) is 14.7 Å². The lowest BCUT2D eigenvalue weighted by Crippen LogP contribution is -2.43. The van der Waals surface area contributed by atoms with Crippen molar-refractivity contribution < 1.29 is 14.7 Å². The molecule has 0 saturated heterocycles. The number of carbonyl (C=O) groups is 2. The fraction of sp³-hybridized carbons (Fsp3) is 0.188. The Morgan fingerprint density at radius 2 is 2.00 bits per heavy atom. The second-order valence-electron chi connectivity index (χ2n) is 5.03. The number of fused-ring (bicyclic) bond motifs is 1. The predicted octanol–water partition coefficient (Wildman–Crippen LogP) is 2.56. The Labute approximate surface area is 132 Å². The number of hydrogen-bond acceptors (Lipinski definition) is 3. The highest BCUT2D eigenvalue weighted by atomic mass is 35.5. The number of amides is 1. The first-order valence-corrected chi connectivity index (χ1v) is 7.19. The summed E-state index contributed by atoms with van der Waals surface area (Å²) in [5, 5.41) is 9.66. The fourth-order valence-corrected chi connectivity index (χ4v) is 2.95. The van der Waals surface area contributed by atoms with E-state index in [1.54, 1.807) is 24.3 Å². The summed E-state index contributed by atoms with van der Waals surface area (Å²) in [6, 6.07) is 9.44. The third-order valence-electron chi connectivity index (χ3n) is 3.77. The molecule has 1 atom stereocenters. The normalized spacial score (nSPS) is 17.0. The topological polar surface area (TPSA) is 70.5 Å². The highest BCUT2D eigenvalue weighted by Crippen LogP contribution is 2.31. The summed E-state index contributed by atoms with van der Waals surface area (Å²) in [4.78, 5) is 29.6. The summed E-state index contributed by atoms with van der Waals surface area (Å²) in [5.74, 6) is -1.47. The molecule has 1 amide bonds. The van der Waals surface area contributed by atoms with Gasteiger partial charge in [0.15, 0.2) is 6.04 Å². The minimum absolute atomic E-state index is 0.0792. The summed E-state index contributed by atoms with van der Waals surface area (Å²) in [6.07, 6.45) is 2.10. The summed E-state index contributed by atoms with van der Waals surface area (Å²) >= 11 is 5.96. The third-order valence-corrected chi connectivity index (χ3v) is 4.07. The quantitative estimate of drug-likeness (QED) is 0.864. The van der Waals surface area contributed by atoms with Crippen molar-refractivity contribution >= 4 is 23.5 Å². The number of pyridine rings is 1. The lowest BCUT2D eigenvalue weighted by atomic mass is 9.92. The molecule has 0 spiro atoms. The molecule has 1 aromatic carbocycles. The molecule has 1 aliphatic heterocycles. The summed E-state index contributed by atoms with van der Waals surface area (Å²) in [6.45, 7) is 0.331. The zero-order valence-corrected chi connectivity index (χ0v) is 12.3. The molecule has 3 rings (SSSR count). The average molecular weight is 317 g/mol. The summed E-state index contributed by atoms with van der Waals surface area (Å²) < 4.78 is 0. The molecule has 5 nitrogen and oxygen atoms in total. The van der Waals surface area contributed by atoms with Crippen LogP contribution in [0.3, 0.4) is 0 Å². The van der Waals surface area contributed by atoms with Gasteiger partial charge in [0.25, 0.3) is 5.91 Å². The van der Waals surface area contributed by atoms with Crippen molar-refractivity contribution in [3.63, 3.8) is 0 Å². The van der Waals surface area contributed by atoms with Crippen LogP contribution >= 0.6 is 11.6 Å². The van der Waals surface area contributed by atoms with E-state index in [2.05, 4.69) is 4.98 Å². The van der Waals surface area contributed by atoms with Gasteiger partial charge in [0, 0.05) is 12.7 Å². The molecule has 0 unspecified atom stereocenters. The van der Waals surface area contributed by atoms with E-state index in [1.807, 2.05) is 12.1 Å². The van der Waals surface area contributed by atoms with Crippen LogP contribution in [-0.4, -0.2) is 33.4 Å². The molecule has 0 radical (unpaired) electrons. The predicted molar refractivity (Wildman–Crippen MR) is 80.8 cm³/mol. The third kappa shape index (κ3) is 2.44. The van der Waals surface area contributed by atoms with E-state index < -0.39 is 17.9 Å². The number of aliphatic carboxylic acids is 1. The highest BCUT2D eigenvalue weighted by molar-refractivity contribution is 6.32. The van der Waals surface area contributed by atoms with Crippen LogP contribution in [0.25, 0.3) is 0 Å². The van der Waals surface area contributed by atoms with Gasteiger partial charge in [0.1, 0.15) is 5.15 Å². The van der Waals surface area contributed by atoms with Gasteiger partial charge in [-0.25, -0.2) is 9.78 Å². The van der Waals surface area contributed by atoms with Crippen molar-refractivity contribution in [3.8, 4) is 0 Å². The van der Waals surface area contributed by atoms with Crippen LogP contribution in [0.4, 0.5) is 0 Å². The Morgan fingerprint density at radius 1 is 1.23 bits per heavy atom. The van der Waals surface area contributed by atoms with Gasteiger partial charge in [-0.3, -0.25) is 4.79 Å². The number of halogens is 1. The summed E-state index contributed by atoms with van der Waals surface area (Å²) in [5.41, 5.74) is 1.82. The Morgan fingerprint density at radius 3 is 2.73 bits per heavy atom. The number of hydrogen-bond donors (Lipinski definition) is 1. The maximum atomic E-state index is 12.7. The van der Waals surface area contributed by atoms with Gasteiger partial charge in [-0.1, -0.05) is 35.9 Å². The van der Waals surface area contributed by atoms with E-state index in [4.69, 9.17) is 11.6 Å². The monoisotopic (exact) mass is 316 g/mol. The van der Waals surface area contributed by atoms with Crippen LogP contribution < -0.4 is 0 Å². The Bertz CT molecular complexity index is 748. The highest BCUT2D eigenvalue weighted by Gasteiger charge is 2.36. The van der Waals surface area contributed by atoms with E-state index in [1.165, 1.54) is 11.1 Å². The van der Waals surface area contributed by atoms with Crippen molar-refractivity contribution in [2.24, 2.45) is 0 Å².